The molecule has 0 saturated carbocycles. The SMILES string of the molecule is CC1=C[C@H]2CC[C@@H](C1)N2C(=O)OC(C)(C)C. The second-order valence-electron chi connectivity index (χ2n) is 5.90. The molecule has 16 heavy (non-hydrogen) atoms. The molecule has 2 aliphatic heterocycles. The Kier molecular flexibility index (Phi) is 2.72. The van der Waals surface area contributed by atoms with Crippen LogP contribution in [0.5, 0.6) is 0 Å². The van der Waals surface area contributed by atoms with Crippen LogP contribution < -0.4 is 0 Å². The lowest BCUT2D eigenvalue weighted by Crippen LogP contribution is -2.45. The second-order valence-corrected chi connectivity index (χ2v) is 5.90. The number of carbonyl (C=O) groups is 1. The highest BCUT2D eigenvalue weighted by atomic mass is 16.6. The van der Waals surface area contributed by atoms with Gasteiger partial charge in [-0.1, -0.05) is 11.6 Å². The fourth-order valence-corrected chi connectivity index (χ4v) is 2.64. The summed E-state index contributed by atoms with van der Waals surface area (Å²) in [5.74, 6) is 0. The minimum Gasteiger partial charge on any atom is -0.444 e. The summed E-state index contributed by atoms with van der Waals surface area (Å²) >= 11 is 0. The Morgan fingerprint density at radius 2 is 2.12 bits per heavy atom. The molecule has 1 fully saturated rings. The van der Waals surface area contributed by atoms with Gasteiger partial charge in [-0.15, -0.1) is 0 Å². The van der Waals surface area contributed by atoms with E-state index < -0.39 is 5.60 Å². The molecule has 3 nitrogen and oxygen atoms in total. The molecule has 2 aliphatic rings. The number of ether oxygens (including phenoxy) is 1. The maximum Gasteiger partial charge on any atom is 0.411 e. The third-order valence-electron chi connectivity index (χ3n) is 3.19. The van der Waals surface area contributed by atoms with Crippen LogP contribution in [0.2, 0.25) is 0 Å². The molecule has 2 bridgehead atoms. The van der Waals surface area contributed by atoms with Gasteiger partial charge >= 0.3 is 6.09 Å². The first-order valence-corrected chi connectivity index (χ1v) is 6.05. The fraction of sp³-hybridized carbons (Fsp3) is 0.769. The molecule has 3 heteroatoms. The fourth-order valence-electron chi connectivity index (χ4n) is 2.64. The first-order valence-electron chi connectivity index (χ1n) is 6.05. The van der Waals surface area contributed by atoms with Crippen molar-refractivity contribution >= 4 is 6.09 Å². The van der Waals surface area contributed by atoms with Crippen molar-refractivity contribution in [2.24, 2.45) is 0 Å². The van der Waals surface area contributed by atoms with Gasteiger partial charge in [0.1, 0.15) is 5.60 Å². The molecule has 0 spiro atoms. The number of carbonyl (C=O) groups excluding carboxylic acids is 1. The van der Waals surface area contributed by atoms with Crippen molar-refractivity contribution in [3.63, 3.8) is 0 Å². The van der Waals surface area contributed by atoms with Crippen LogP contribution in [0.4, 0.5) is 4.79 Å². The first kappa shape index (κ1) is 11.5. The van der Waals surface area contributed by atoms with Gasteiger partial charge in [-0.2, -0.15) is 0 Å². The van der Waals surface area contributed by atoms with Gasteiger partial charge in [0.15, 0.2) is 0 Å². The molecule has 1 saturated heterocycles. The molecule has 0 N–H and O–H groups in total. The van der Waals surface area contributed by atoms with E-state index in [9.17, 15) is 4.79 Å². The van der Waals surface area contributed by atoms with Crippen molar-refractivity contribution in [1.82, 2.24) is 4.90 Å². The lowest BCUT2D eigenvalue weighted by molar-refractivity contribution is 0.0167. The lowest BCUT2D eigenvalue weighted by atomic mass is 10.0. The standard InChI is InChI=1S/C13H21NO2/c1-9-7-10-5-6-11(8-9)14(10)12(15)16-13(2,3)4/h7,10-11H,5-6,8H2,1-4H3/t10-,11+/m1/s1. The highest BCUT2D eigenvalue weighted by Crippen LogP contribution is 2.35. The minimum absolute atomic E-state index is 0.149. The monoisotopic (exact) mass is 223 g/mol. The topological polar surface area (TPSA) is 29.5 Å². The quantitative estimate of drug-likeness (QED) is 0.590. The molecule has 0 aromatic carbocycles. The summed E-state index contributed by atoms with van der Waals surface area (Å²) in [6, 6.07) is 0.637. The number of hydrogen-bond donors (Lipinski definition) is 0. The maximum absolute atomic E-state index is 12.1. The second kappa shape index (κ2) is 3.79. The molecule has 0 aliphatic carbocycles. The highest BCUT2D eigenvalue weighted by Gasteiger charge is 2.40. The predicted molar refractivity (Wildman–Crippen MR) is 63.3 cm³/mol. The van der Waals surface area contributed by atoms with Crippen LogP contribution in [-0.2, 0) is 4.74 Å². The van der Waals surface area contributed by atoms with E-state index in [1.165, 1.54) is 5.57 Å². The largest absolute Gasteiger partial charge is 0.444 e. The molecule has 2 rings (SSSR count). The van der Waals surface area contributed by atoms with Crippen LogP contribution in [0.25, 0.3) is 0 Å². The molecule has 1 amide bonds. The zero-order valence-corrected chi connectivity index (χ0v) is 10.6. The summed E-state index contributed by atoms with van der Waals surface area (Å²) in [4.78, 5) is 14.0. The molecule has 0 radical (unpaired) electrons. The van der Waals surface area contributed by atoms with Gasteiger partial charge < -0.3 is 4.74 Å². The summed E-state index contributed by atoms with van der Waals surface area (Å²) in [5.41, 5.74) is 1.01. The van der Waals surface area contributed by atoms with Crippen LogP contribution in [0.3, 0.4) is 0 Å². The number of amides is 1. The molecule has 0 aromatic heterocycles. The van der Waals surface area contributed by atoms with Gasteiger partial charge in [-0.3, -0.25) is 4.90 Å². The van der Waals surface area contributed by atoms with Crippen LogP contribution in [0, 0.1) is 0 Å². The predicted octanol–water partition coefficient (Wildman–Crippen LogP) is 3.10. The van der Waals surface area contributed by atoms with Crippen LogP contribution in [-0.4, -0.2) is 28.7 Å². The van der Waals surface area contributed by atoms with Crippen molar-refractivity contribution < 1.29 is 9.53 Å². The molecular formula is C13H21NO2. The number of fused-ring (bicyclic) bond motifs is 2. The summed E-state index contributed by atoms with van der Waals surface area (Å²) < 4.78 is 5.45. The van der Waals surface area contributed by atoms with Gasteiger partial charge in [0.25, 0.3) is 0 Å². The Morgan fingerprint density at radius 1 is 1.44 bits per heavy atom. The molecule has 0 unspecified atom stereocenters. The van der Waals surface area contributed by atoms with Crippen molar-refractivity contribution in [1.29, 1.82) is 0 Å². The van der Waals surface area contributed by atoms with E-state index in [1.54, 1.807) is 0 Å². The van der Waals surface area contributed by atoms with Crippen LogP contribution in [0.1, 0.15) is 47.0 Å². The zero-order valence-electron chi connectivity index (χ0n) is 10.6. The molecule has 0 aromatic rings. The lowest BCUT2D eigenvalue weighted by Gasteiger charge is -2.34. The summed E-state index contributed by atoms with van der Waals surface area (Å²) in [6.45, 7) is 7.89. The van der Waals surface area contributed by atoms with Gasteiger partial charge in [0, 0.05) is 6.04 Å². The van der Waals surface area contributed by atoms with E-state index in [-0.39, 0.29) is 12.1 Å². The van der Waals surface area contributed by atoms with Gasteiger partial charge in [0.05, 0.1) is 6.04 Å². The zero-order chi connectivity index (χ0) is 11.9. The van der Waals surface area contributed by atoms with E-state index in [2.05, 4.69) is 13.0 Å². The van der Waals surface area contributed by atoms with Crippen molar-refractivity contribution in [3.05, 3.63) is 11.6 Å². The van der Waals surface area contributed by atoms with Crippen LogP contribution >= 0.6 is 0 Å². The third-order valence-corrected chi connectivity index (χ3v) is 3.19. The first-order chi connectivity index (χ1) is 7.37. The number of nitrogens with zero attached hydrogens (tertiary/aromatic N) is 1. The van der Waals surface area contributed by atoms with Crippen molar-refractivity contribution in [2.45, 2.75) is 64.6 Å². The van der Waals surface area contributed by atoms with Crippen molar-refractivity contribution in [3.8, 4) is 0 Å². The molecule has 90 valence electrons. The number of hydrogen-bond acceptors (Lipinski definition) is 2. The average Bonchev–Trinajstić information content (AvgIpc) is 2.36. The molecular weight excluding hydrogens is 202 g/mol. The summed E-state index contributed by atoms with van der Waals surface area (Å²) in [5, 5.41) is 0. The van der Waals surface area contributed by atoms with Gasteiger partial charge in [-0.25, -0.2) is 4.79 Å². The Hall–Kier alpha value is -0.990. The van der Waals surface area contributed by atoms with Crippen LogP contribution in [0.15, 0.2) is 11.6 Å². The Labute approximate surface area is 97.5 Å². The smallest absolute Gasteiger partial charge is 0.411 e. The highest BCUT2D eigenvalue weighted by molar-refractivity contribution is 5.70. The third kappa shape index (κ3) is 2.23. The van der Waals surface area contributed by atoms with E-state index in [1.807, 2.05) is 25.7 Å². The van der Waals surface area contributed by atoms with E-state index in [0.717, 1.165) is 19.3 Å². The summed E-state index contributed by atoms with van der Waals surface area (Å²) in [7, 11) is 0. The normalized spacial score (nSPS) is 29.0. The molecule has 2 atom stereocenters. The van der Waals surface area contributed by atoms with E-state index in [0.29, 0.717) is 6.04 Å². The summed E-state index contributed by atoms with van der Waals surface area (Å²) in [6.07, 6.45) is 5.27. The van der Waals surface area contributed by atoms with Crippen molar-refractivity contribution in [2.75, 3.05) is 0 Å². The minimum atomic E-state index is -0.396. The van der Waals surface area contributed by atoms with Gasteiger partial charge in [0.2, 0.25) is 0 Å². The Morgan fingerprint density at radius 3 is 2.69 bits per heavy atom. The van der Waals surface area contributed by atoms with E-state index in [4.69, 9.17) is 4.74 Å². The van der Waals surface area contributed by atoms with E-state index >= 15 is 0 Å². The Bertz CT molecular complexity index is 327. The molecule has 2 heterocycles. The van der Waals surface area contributed by atoms with Gasteiger partial charge in [-0.05, 0) is 47.0 Å². The number of rotatable bonds is 0. The Balaban J connectivity index is 2.09. The maximum atomic E-state index is 12.1. The average molecular weight is 223 g/mol.